The molecule has 0 bridgehead atoms. The largest absolute Gasteiger partial charge is 0.473 e. The van der Waals surface area contributed by atoms with E-state index in [1.165, 1.54) is 13.2 Å². The van der Waals surface area contributed by atoms with Crippen LogP contribution in [0.25, 0.3) is 11.0 Å². The molecule has 0 spiro atoms. The summed E-state index contributed by atoms with van der Waals surface area (Å²) in [5.41, 5.74) is 3.15. The van der Waals surface area contributed by atoms with Crippen molar-refractivity contribution in [3.8, 4) is 17.7 Å². The molecule has 0 aliphatic carbocycles. The molecule has 2 aromatic heterocycles. The minimum atomic E-state index is -0.417. The van der Waals surface area contributed by atoms with Crippen molar-refractivity contribution in [2.75, 3.05) is 51.4 Å². The number of aliphatic hydroxyl groups is 1. The van der Waals surface area contributed by atoms with Gasteiger partial charge in [0.2, 0.25) is 5.88 Å². The molecule has 0 saturated carbocycles. The summed E-state index contributed by atoms with van der Waals surface area (Å²) < 4.78 is 33.2. The van der Waals surface area contributed by atoms with Crippen LogP contribution in [0, 0.1) is 17.7 Å². The van der Waals surface area contributed by atoms with Crippen molar-refractivity contribution in [2.45, 2.75) is 32.2 Å². The molecular weight excluding hydrogens is 565 g/mol. The normalized spacial score (nSPS) is 16.7. The number of benzene rings is 2. The van der Waals surface area contributed by atoms with E-state index in [-0.39, 0.29) is 25.3 Å². The lowest BCUT2D eigenvalue weighted by Crippen LogP contribution is -2.46. The van der Waals surface area contributed by atoms with Gasteiger partial charge >= 0.3 is 5.97 Å². The van der Waals surface area contributed by atoms with E-state index in [2.05, 4.69) is 31.2 Å². The molecule has 1 N–H and O–H groups in total. The molecule has 2 aliphatic rings. The van der Waals surface area contributed by atoms with Crippen molar-refractivity contribution in [3.05, 3.63) is 82.9 Å². The number of esters is 1. The van der Waals surface area contributed by atoms with Gasteiger partial charge in [0, 0.05) is 50.0 Å². The van der Waals surface area contributed by atoms with Gasteiger partial charge in [0.05, 0.1) is 42.9 Å². The van der Waals surface area contributed by atoms with Gasteiger partial charge in [-0.15, -0.1) is 0 Å². The first-order valence-corrected chi connectivity index (χ1v) is 14.6. The summed E-state index contributed by atoms with van der Waals surface area (Å²) in [6.45, 7) is 5.10. The van der Waals surface area contributed by atoms with E-state index in [1.54, 1.807) is 24.3 Å². The lowest BCUT2D eigenvalue weighted by Gasteiger charge is -2.35. The molecular formula is C33H34FN5O5. The zero-order valence-electron chi connectivity index (χ0n) is 24.5. The zero-order valence-corrected chi connectivity index (χ0v) is 24.5. The number of carbonyl (C=O) groups excluding carboxylic acids is 1. The Balaban J connectivity index is 1.09. The smallest absolute Gasteiger partial charge is 0.337 e. The second-order valence-corrected chi connectivity index (χ2v) is 10.8. The number of rotatable bonds is 9. The van der Waals surface area contributed by atoms with E-state index in [0.717, 1.165) is 61.9 Å². The summed E-state index contributed by atoms with van der Waals surface area (Å²) in [5.74, 6) is 6.60. The molecule has 10 nitrogen and oxygen atoms in total. The first kappa shape index (κ1) is 29.6. The third-order valence-corrected chi connectivity index (χ3v) is 7.94. The van der Waals surface area contributed by atoms with Crippen LogP contribution in [0.15, 0.2) is 54.6 Å². The van der Waals surface area contributed by atoms with Crippen LogP contribution in [0.4, 0.5) is 10.2 Å². The molecule has 6 rings (SSSR count). The van der Waals surface area contributed by atoms with Crippen LogP contribution in [-0.4, -0.2) is 83.1 Å². The van der Waals surface area contributed by atoms with Gasteiger partial charge in [-0.25, -0.2) is 14.2 Å². The topological polar surface area (TPSA) is 102 Å². The molecule has 2 saturated heterocycles. The second kappa shape index (κ2) is 13.4. The Kier molecular flexibility index (Phi) is 9.02. The van der Waals surface area contributed by atoms with E-state index in [9.17, 15) is 9.18 Å². The number of imidazole rings is 1. The number of methoxy groups -OCH3 is 1. The van der Waals surface area contributed by atoms with Crippen LogP contribution in [0.3, 0.4) is 0 Å². The molecule has 0 unspecified atom stereocenters. The Morgan fingerprint density at radius 3 is 2.68 bits per heavy atom. The monoisotopic (exact) mass is 599 g/mol. The van der Waals surface area contributed by atoms with Gasteiger partial charge in [-0.05, 0) is 42.8 Å². The van der Waals surface area contributed by atoms with Gasteiger partial charge < -0.3 is 28.8 Å². The zero-order chi connectivity index (χ0) is 30.5. The molecule has 11 heteroatoms. The Morgan fingerprint density at radius 2 is 1.95 bits per heavy atom. The van der Waals surface area contributed by atoms with Crippen molar-refractivity contribution in [2.24, 2.45) is 0 Å². The Labute approximate surface area is 255 Å². The van der Waals surface area contributed by atoms with Crippen molar-refractivity contribution in [1.82, 2.24) is 19.4 Å². The number of hydrogen-bond acceptors (Lipinski definition) is 9. The Morgan fingerprint density at radius 1 is 1.11 bits per heavy atom. The first-order valence-electron chi connectivity index (χ1n) is 14.6. The number of hydrogen-bond donors (Lipinski definition) is 1. The van der Waals surface area contributed by atoms with E-state index >= 15 is 0 Å². The van der Waals surface area contributed by atoms with Gasteiger partial charge in [-0.3, -0.25) is 4.90 Å². The third-order valence-electron chi connectivity index (χ3n) is 7.94. The van der Waals surface area contributed by atoms with Crippen LogP contribution in [0.2, 0.25) is 0 Å². The van der Waals surface area contributed by atoms with Gasteiger partial charge in [0.15, 0.2) is 0 Å². The standard InChI is InChI=1S/C33H34FN5O5/c1-42-33(41)24-9-10-28-29(19-24)39(20-26-11-17-43-26)31(35-28)21-37-12-14-38(15-13-37)30-5-2-6-32(36-30)44-22-25-8-7-23(4-3-16-40)18-27(25)34/h2,5-10,18-19,26,40H,11-17,20-22H2,1H3/t26-/m0/s1. The lowest BCUT2D eigenvalue weighted by atomic mass is 10.1. The number of piperazine rings is 1. The fraction of sp³-hybridized carbons (Fsp3) is 0.364. The van der Waals surface area contributed by atoms with Crippen LogP contribution >= 0.6 is 0 Å². The first-order chi connectivity index (χ1) is 21.5. The van der Waals surface area contributed by atoms with Gasteiger partial charge in [0.25, 0.3) is 0 Å². The molecule has 2 aliphatic heterocycles. The maximum absolute atomic E-state index is 14.5. The number of aromatic nitrogens is 3. The summed E-state index contributed by atoms with van der Waals surface area (Å²) in [6.07, 6.45) is 1.15. The Hall–Kier alpha value is -4.50. The van der Waals surface area contributed by atoms with Gasteiger partial charge in [-0.1, -0.05) is 24.0 Å². The lowest BCUT2D eigenvalue weighted by molar-refractivity contribution is -0.0592. The molecule has 4 aromatic rings. The molecule has 4 heterocycles. The van der Waals surface area contributed by atoms with Gasteiger partial charge in [0.1, 0.15) is 30.7 Å². The van der Waals surface area contributed by atoms with E-state index in [4.69, 9.17) is 24.3 Å². The molecule has 2 fully saturated rings. The number of fused-ring (bicyclic) bond motifs is 1. The van der Waals surface area contributed by atoms with E-state index in [1.807, 2.05) is 24.3 Å². The third kappa shape index (κ3) is 6.68. The van der Waals surface area contributed by atoms with Crippen molar-refractivity contribution < 1.29 is 28.5 Å². The number of ether oxygens (including phenoxy) is 3. The van der Waals surface area contributed by atoms with Crippen LogP contribution in [-0.2, 0) is 29.2 Å². The summed E-state index contributed by atoms with van der Waals surface area (Å²) in [4.78, 5) is 26.4. The minimum Gasteiger partial charge on any atom is -0.473 e. The number of anilines is 1. The highest BCUT2D eigenvalue weighted by Gasteiger charge is 2.25. The van der Waals surface area contributed by atoms with Crippen LogP contribution in [0.5, 0.6) is 5.88 Å². The molecule has 1 atom stereocenters. The summed E-state index contributed by atoms with van der Waals surface area (Å²) in [7, 11) is 1.38. The average Bonchev–Trinajstić information content (AvgIpc) is 3.37. The highest BCUT2D eigenvalue weighted by atomic mass is 19.1. The quantitative estimate of drug-likeness (QED) is 0.229. The van der Waals surface area contributed by atoms with Crippen molar-refractivity contribution in [1.29, 1.82) is 0 Å². The molecule has 2 aromatic carbocycles. The number of carbonyl (C=O) groups is 1. The number of halogens is 1. The van der Waals surface area contributed by atoms with Crippen molar-refractivity contribution >= 4 is 22.8 Å². The van der Waals surface area contributed by atoms with Gasteiger partial charge in [-0.2, -0.15) is 4.98 Å². The minimum absolute atomic E-state index is 0.0395. The van der Waals surface area contributed by atoms with Crippen LogP contribution in [0.1, 0.15) is 33.7 Å². The SMILES string of the molecule is COC(=O)c1ccc2nc(CN3CCN(c4cccc(OCc5ccc(C#CCO)cc5F)n4)CC3)n(C[C@@H]3CCO3)c2c1. The average molecular weight is 600 g/mol. The summed E-state index contributed by atoms with van der Waals surface area (Å²) in [6, 6.07) is 15.7. The molecule has 0 radical (unpaired) electrons. The number of pyridine rings is 1. The fourth-order valence-electron chi connectivity index (χ4n) is 5.40. The molecule has 228 valence electrons. The molecule has 0 amide bonds. The highest BCUT2D eigenvalue weighted by Crippen LogP contribution is 2.25. The highest BCUT2D eigenvalue weighted by molar-refractivity contribution is 5.93. The second-order valence-electron chi connectivity index (χ2n) is 10.8. The number of nitrogens with zero attached hydrogens (tertiary/aromatic N) is 5. The predicted octanol–water partition coefficient (Wildman–Crippen LogP) is 3.39. The maximum Gasteiger partial charge on any atom is 0.337 e. The summed E-state index contributed by atoms with van der Waals surface area (Å²) in [5, 5.41) is 8.83. The van der Waals surface area contributed by atoms with Crippen LogP contribution < -0.4 is 9.64 Å². The maximum atomic E-state index is 14.5. The Bertz CT molecular complexity index is 1700. The van der Waals surface area contributed by atoms with E-state index in [0.29, 0.717) is 35.7 Å². The molecule has 44 heavy (non-hydrogen) atoms. The predicted molar refractivity (Wildman–Crippen MR) is 162 cm³/mol. The summed E-state index contributed by atoms with van der Waals surface area (Å²) >= 11 is 0. The van der Waals surface area contributed by atoms with Crippen molar-refractivity contribution in [3.63, 3.8) is 0 Å². The van der Waals surface area contributed by atoms with E-state index < -0.39 is 5.82 Å². The fourth-order valence-corrected chi connectivity index (χ4v) is 5.40. The number of aliphatic hydroxyl groups excluding tert-OH is 1.